The van der Waals surface area contributed by atoms with E-state index in [0.29, 0.717) is 17.9 Å². The molecule has 2 rings (SSSR count). The van der Waals surface area contributed by atoms with Crippen LogP contribution in [0.25, 0.3) is 0 Å². The Morgan fingerprint density at radius 1 is 1.29 bits per heavy atom. The molecule has 1 aromatic carbocycles. The zero-order valence-corrected chi connectivity index (χ0v) is 11.3. The minimum atomic E-state index is -2.86. The SMILES string of the molecule is CC(NCc1ccc(C#N)o1)c1ccccc1OC(F)F. The van der Waals surface area contributed by atoms with Crippen LogP contribution >= 0.6 is 0 Å². The third-order valence-electron chi connectivity index (χ3n) is 2.96. The van der Waals surface area contributed by atoms with Gasteiger partial charge in [0.2, 0.25) is 5.76 Å². The fourth-order valence-electron chi connectivity index (χ4n) is 1.94. The van der Waals surface area contributed by atoms with E-state index in [1.807, 2.05) is 13.0 Å². The standard InChI is InChI=1S/C15H14F2N2O2/c1-10(19-9-12-7-6-11(8-18)20-12)13-4-2-3-5-14(13)21-15(16)17/h2-7,10,15,19H,9H2,1H3. The van der Waals surface area contributed by atoms with Crippen molar-refractivity contribution in [3.8, 4) is 11.8 Å². The zero-order valence-electron chi connectivity index (χ0n) is 11.3. The predicted molar refractivity (Wildman–Crippen MR) is 71.8 cm³/mol. The Balaban J connectivity index is 2.03. The van der Waals surface area contributed by atoms with Crippen LogP contribution in [0.1, 0.15) is 30.0 Å². The smallest absolute Gasteiger partial charge is 0.387 e. The number of benzene rings is 1. The van der Waals surface area contributed by atoms with Gasteiger partial charge in [-0.15, -0.1) is 0 Å². The lowest BCUT2D eigenvalue weighted by molar-refractivity contribution is -0.0506. The van der Waals surface area contributed by atoms with Crippen LogP contribution < -0.4 is 10.1 Å². The Morgan fingerprint density at radius 2 is 2.05 bits per heavy atom. The van der Waals surface area contributed by atoms with Crippen LogP contribution in [0.15, 0.2) is 40.8 Å². The average Bonchev–Trinajstić information content (AvgIpc) is 2.93. The molecular weight excluding hydrogens is 278 g/mol. The number of hydrogen-bond donors (Lipinski definition) is 1. The van der Waals surface area contributed by atoms with Gasteiger partial charge in [0.05, 0.1) is 6.54 Å². The number of nitriles is 1. The summed E-state index contributed by atoms with van der Waals surface area (Å²) in [5.41, 5.74) is 0.630. The van der Waals surface area contributed by atoms with E-state index in [1.165, 1.54) is 6.07 Å². The first-order valence-electron chi connectivity index (χ1n) is 6.36. The molecule has 0 radical (unpaired) electrons. The summed E-state index contributed by atoms with van der Waals surface area (Å²) < 4.78 is 34.5. The maximum absolute atomic E-state index is 12.4. The molecule has 1 aromatic heterocycles. The van der Waals surface area contributed by atoms with Gasteiger partial charge in [0.1, 0.15) is 17.6 Å². The average molecular weight is 292 g/mol. The summed E-state index contributed by atoms with van der Waals surface area (Å²) >= 11 is 0. The molecular formula is C15H14F2N2O2. The fraction of sp³-hybridized carbons (Fsp3) is 0.267. The van der Waals surface area contributed by atoms with Crippen molar-refractivity contribution >= 4 is 0 Å². The van der Waals surface area contributed by atoms with Gasteiger partial charge in [0.15, 0.2) is 0 Å². The topological polar surface area (TPSA) is 58.2 Å². The second-order valence-corrected chi connectivity index (χ2v) is 4.40. The molecule has 6 heteroatoms. The summed E-state index contributed by atoms with van der Waals surface area (Å²) in [4.78, 5) is 0. The van der Waals surface area contributed by atoms with E-state index in [9.17, 15) is 8.78 Å². The van der Waals surface area contributed by atoms with Crippen molar-refractivity contribution in [2.24, 2.45) is 0 Å². The van der Waals surface area contributed by atoms with Crippen molar-refractivity contribution in [3.63, 3.8) is 0 Å². The number of furan rings is 1. The van der Waals surface area contributed by atoms with Crippen molar-refractivity contribution in [2.45, 2.75) is 26.1 Å². The van der Waals surface area contributed by atoms with E-state index in [4.69, 9.17) is 9.68 Å². The number of para-hydroxylation sites is 1. The molecule has 0 amide bonds. The number of halogens is 2. The van der Waals surface area contributed by atoms with Crippen LogP contribution in [0.5, 0.6) is 5.75 Å². The van der Waals surface area contributed by atoms with Crippen molar-refractivity contribution in [2.75, 3.05) is 0 Å². The maximum Gasteiger partial charge on any atom is 0.387 e. The number of nitrogens with one attached hydrogen (secondary N) is 1. The first-order chi connectivity index (χ1) is 10.1. The van der Waals surface area contributed by atoms with Crippen molar-refractivity contribution in [3.05, 3.63) is 53.5 Å². The van der Waals surface area contributed by atoms with Gasteiger partial charge < -0.3 is 14.5 Å². The molecule has 1 heterocycles. The predicted octanol–water partition coefficient (Wildman–Crippen LogP) is 3.60. The summed E-state index contributed by atoms with van der Waals surface area (Å²) in [5.74, 6) is 0.983. The highest BCUT2D eigenvalue weighted by Gasteiger charge is 2.14. The highest BCUT2D eigenvalue weighted by molar-refractivity contribution is 5.35. The summed E-state index contributed by atoms with van der Waals surface area (Å²) in [5, 5.41) is 11.8. The van der Waals surface area contributed by atoms with Gasteiger partial charge in [0.25, 0.3) is 0 Å². The normalized spacial score (nSPS) is 12.1. The molecule has 0 spiro atoms. The Morgan fingerprint density at radius 3 is 2.71 bits per heavy atom. The highest BCUT2D eigenvalue weighted by atomic mass is 19.3. The minimum Gasteiger partial charge on any atom is -0.449 e. The quantitative estimate of drug-likeness (QED) is 0.883. The summed E-state index contributed by atoms with van der Waals surface area (Å²) in [6.07, 6.45) is 0. The van der Waals surface area contributed by atoms with E-state index in [1.54, 1.807) is 30.3 Å². The fourth-order valence-corrected chi connectivity index (χ4v) is 1.94. The van der Waals surface area contributed by atoms with E-state index in [-0.39, 0.29) is 17.6 Å². The van der Waals surface area contributed by atoms with Crippen LogP contribution in [0.2, 0.25) is 0 Å². The zero-order chi connectivity index (χ0) is 15.2. The molecule has 0 aliphatic rings. The van der Waals surface area contributed by atoms with E-state index >= 15 is 0 Å². The lowest BCUT2D eigenvalue weighted by atomic mass is 10.1. The van der Waals surface area contributed by atoms with Gasteiger partial charge in [0, 0.05) is 11.6 Å². The number of nitrogens with zero attached hydrogens (tertiary/aromatic N) is 1. The second kappa shape index (κ2) is 6.86. The Hall–Kier alpha value is -2.39. The number of ether oxygens (including phenoxy) is 1. The van der Waals surface area contributed by atoms with Gasteiger partial charge in [-0.1, -0.05) is 18.2 Å². The van der Waals surface area contributed by atoms with Crippen molar-refractivity contribution in [1.29, 1.82) is 5.26 Å². The number of alkyl halides is 2. The molecule has 0 bridgehead atoms. The minimum absolute atomic E-state index is 0.143. The van der Waals surface area contributed by atoms with Gasteiger partial charge >= 0.3 is 6.61 Å². The Labute approximate surface area is 120 Å². The molecule has 0 saturated carbocycles. The molecule has 1 N–H and O–H groups in total. The van der Waals surface area contributed by atoms with E-state index in [0.717, 1.165) is 0 Å². The van der Waals surface area contributed by atoms with Crippen LogP contribution in [0.4, 0.5) is 8.78 Å². The molecule has 2 aromatic rings. The summed E-state index contributed by atoms with van der Waals surface area (Å²) in [6, 6.07) is 11.6. The van der Waals surface area contributed by atoms with Gasteiger partial charge in [-0.05, 0) is 25.1 Å². The number of hydrogen-bond acceptors (Lipinski definition) is 4. The van der Waals surface area contributed by atoms with Gasteiger partial charge in [-0.2, -0.15) is 14.0 Å². The highest BCUT2D eigenvalue weighted by Crippen LogP contribution is 2.26. The molecule has 0 aliphatic carbocycles. The first kappa shape index (κ1) is 15.0. The first-order valence-corrected chi connectivity index (χ1v) is 6.36. The van der Waals surface area contributed by atoms with Crippen LogP contribution in [0.3, 0.4) is 0 Å². The lowest BCUT2D eigenvalue weighted by Crippen LogP contribution is -2.19. The van der Waals surface area contributed by atoms with Crippen LogP contribution in [-0.2, 0) is 6.54 Å². The largest absolute Gasteiger partial charge is 0.449 e. The lowest BCUT2D eigenvalue weighted by Gasteiger charge is -2.17. The molecule has 21 heavy (non-hydrogen) atoms. The molecule has 0 saturated heterocycles. The van der Waals surface area contributed by atoms with Gasteiger partial charge in [-0.3, -0.25) is 0 Å². The number of rotatable bonds is 6. The summed E-state index contributed by atoms with van der Waals surface area (Å²) in [7, 11) is 0. The third kappa shape index (κ3) is 4.04. The molecule has 0 fully saturated rings. The molecule has 1 atom stereocenters. The van der Waals surface area contributed by atoms with Crippen molar-refractivity contribution in [1.82, 2.24) is 5.32 Å². The third-order valence-corrected chi connectivity index (χ3v) is 2.96. The second-order valence-electron chi connectivity index (χ2n) is 4.40. The molecule has 110 valence electrons. The van der Waals surface area contributed by atoms with Crippen LogP contribution in [0, 0.1) is 11.3 Å². The molecule has 1 unspecified atom stereocenters. The van der Waals surface area contributed by atoms with Crippen molar-refractivity contribution < 1.29 is 17.9 Å². The molecule has 4 nitrogen and oxygen atoms in total. The monoisotopic (exact) mass is 292 g/mol. The maximum atomic E-state index is 12.4. The van der Waals surface area contributed by atoms with Gasteiger partial charge in [-0.25, -0.2) is 0 Å². The Bertz CT molecular complexity index is 635. The van der Waals surface area contributed by atoms with Crippen LogP contribution in [-0.4, -0.2) is 6.61 Å². The summed E-state index contributed by atoms with van der Waals surface area (Å²) in [6.45, 7) is -0.644. The molecule has 0 aliphatic heterocycles. The van der Waals surface area contributed by atoms with E-state index < -0.39 is 6.61 Å². The van der Waals surface area contributed by atoms with E-state index in [2.05, 4.69) is 10.1 Å². The Kier molecular flexibility index (Phi) is 4.90.